The van der Waals surface area contributed by atoms with Crippen LogP contribution in [0.4, 0.5) is 0 Å². The zero-order chi connectivity index (χ0) is 13.9. The van der Waals surface area contributed by atoms with Crippen molar-refractivity contribution in [2.75, 3.05) is 19.8 Å². The highest BCUT2D eigenvalue weighted by atomic mass is 16.4. The molecule has 18 heavy (non-hydrogen) atoms. The van der Waals surface area contributed by atoms with Crippen LogP contribution in [0.25, 0.3) is 0 Å². The van der Waals surface area contributed by atoms with Gasteiger partial charge in [-0.15, -0.1) is 0 Å². The van der Waals surface area contributed by atoms with Crippen molar-refractivity contribution in [1.82, 2.24) is 5.32 Å². The summed E-state index contributed by atoms with van der Waals surface area (Å²) in [5.41, 5.74) is -1.94. The van der Waals surface area contributed by atoms with E-state index < -0.39 is 55.8 Å². The second-order valence-corrected chi connectivity index (χ2v) is 4.73. The van der Waals surface area contributed by atoms with Crippen molar-refractivity contribution in [3.63, 3.8) is 0 Å². The van der Waals surface area contributed by atoms with Gasteiger partial charge in [-0.3, -0.25) is 0 Å². The molecule has 0 heterocycles. The molecule has 0 aromatic rings. The van der Waals surface area contributed by atoms with E-state index in [9.17, 15) is 20.4 Å². The fourth-order valence-corrected chi connectivity index (χ4v) is 2.15. The van der Waals surface area contributed by atoms with E-state index in [1.165, 1.54) is 0 Å². The Labute approximate surface area is 104 Å². The summed E-state index contributed by atoms with van der Waals surface area (Å²) < 4.78 is 0. The van der Waals surface area contributed by atoms with Crippen LogP contribution >= 0.6 is 0 Å². The van der Waals surface area contributed by atoms with E-state index in [4.69, 9.17) is 15.3 Å². The molecule has 8 heteroatoms. The van der Waals surface area contributed by atoms with Gasteiger partial charge >= 0.3 is 0 Å². The van der Waals surface area contributed by atoms with Crippen LogP contribution in [0.1, 0.15) is 6.42 Å². The fourth-order valence-electron chi connectivity index (χ4n) is 2.15. The molecule has 5 atom stereocenters. The Morgan fingerprint density at radius 3 is 2.06 bits per heavy atom. The second kappa shape index (κ2) is 6.22. The van der Waals surface area contributed by atoms with Gasteiger partial charge in [0.1, 0.15) is 17.8 Å². The zero-order valence-corrected chi connectivity index (χ0v) is 9.85. The molecule has 0 unspecified atom stereocenters. The van der Waals surface area contributed by atoms with E-state index >= 15 is 0 Å². The minimum atomic E-state index is -1.94. The molecule has 1 aliphatic carbocycles. The lowest BCUT2D eigenvalue weighted by molar-refractivity contribution is -0.207. The average Bonchev–Trinajstić information content (AvgIpc) is 2.39. The van der Waals surface area contributed by atoms with Gasteiger partial charge in [0.15, 0.2) is 0 Å². The minimum Gasteiger partial charge on any atom is -0.395 e. The average molecular weight is 267 g/mol. The number of rotatable bonds is 5. The third-order valence-electron chi connectivity index (χ3n) is 3.37. The van der Waals surface area contributed by atoms with Gasteiger partial charge in [0, 0.05) is 6.04 Å². The fraction of sp³-hybridized carbons (Fsp3) is 1.00. The smallest absolute Gasteiger partial charge is 0.118 e. The third-order valence-corrected chi connectivity index (χ3v) is 3.37. The number of hydrogen-bond acceptors (Lipinski definition) is 8. The number of aliphatic hydroxyl groups is 7. The summed E-state index contributed by atoms with van der Waals surface area (Å²) in [6, 6.07) is -1.60. The molecule has 1 saturated carbocycles. The van der Waals surface area contributed by atoms with Crippen LogP contribution in [0.2, 0.25) is 0 Å². The molecule has 0 amide bonds. The normalized spacial score (nSPS) is 41.3. The predicted molar refractivity (Wildman–Crippen MR) is 59.6 cm³/mol. The van der Waals surface area contributed by atoms with Gasteiger partial charge in [-0.1, -0.05) is 0 Å². The summed E-state index contributed by atoms with van der Waals surface area (Å²) in [5, 5.41) is 68.4. The minimum absolute atomic E-state index is 0.223. The van der Waals surface area contributed by atoms with Gasteiger partial charge in [0.25, 0.3) is 0 Å². The zero-order valence-electron chi connectivity index (χ0n) is 9.85. The monoisotopic (exact) mass is 267 g/mol. The molecule has 0 spiro atoms. The summed E-state index contributed by atoms with van der Waals surface area (Å²) in [6.45, 7) is -1.56. The quantitative estimate of drug-likeness (QED) is 0.248. The van der Waals surface area contributed by atoms with Crippen LogP contribution < -0.4 is 5.32 Å². The van der Waals surface area contributed by atoms with Crippen molar-refractivity contribution in [1.29, 1.82) is 0 Å². The summed E-state index contributed by atoms with van der Waals surface area (Å²) in [5.74, 6) is 0. The molecule has 108 valence electrons. The van der Waals surface area contributed by atoms with E-state index in [-0.39, 0.29) is 6.42 Å². The summed E-state index contributed by atoms with van der Waals surface area (Å²) >= 11 is 0. The van der Waals surface area contributed by atoms with Crippen molar-refractivity contribution in [3.05, 3.63) is 0 Å². The number of aliphatic hydroxyl groups excluding tert-OH is 6. The molecule has 0 radical (unpaired) electrons. The molecule has 0 aliphatic heterocycles. The Hall–Kier alpha value is -0.320. The molecule has 1 aliphatic rings. The second-order valence-electron chi connectivity index (χ2n) is 4.73. The highest BCUT2D eigenvalue weighted by Crippen LogP contribution is 2.29. The lowest BCUT2D eigenvalue weighted by atomic mass is 9.76. The van der Waals surface area contributed by atoms with Crippen LogP contribution in [-0.2, 0) is 0 Å². The maximum atomic E-state index is 9.93. The molecule has 8 nitrogen and oxygen atoms in total. The first-order valence-electron chi connectivity index (χ1n) is 5.74. The van der Waals surface area contributed by atoms with Gasteiger partial charge < -0.3 is 41.1 Å². The first-order chi connectivity index (χ1) is 8.39. The van der Waals surface area contributed by atoms with E-state index in [1.54, 1.807) is 0 Å². The topological polar surface area (TPSA) is 154 Å². The summed E-state index contributed by atoms with van der Waals surface area (Å²) in [4.78, 5) is 0. The molecule has 0 aromatic heterocycles. The van der Waals surface area contributed by atoms with Crippen LogP contribution in [0.5, 0.6) is 0 Å². The number of nitrogens with one attached hydrogen (secondary N) is 1. The lowest BCUT2D eigenvalue weighted by Crippen LogP contribution is -2.68. The van der Waals surface area contributed by atoms with Crippen LogP contribution in [0.3, 0.4) is 0 Å². The van der Waals surface area contributed by atoms with E-state index in [1.807, 2.05) is 0 Å². The van der Waals surface area contributed by atoms with Gasteiger partial charge in [0.2, 0.25) is 0 Å². The molecule has 0 aromatic carbocycles. The Morgan fingerprint density at radius 1 is 1.06 bits per heavy atom. The SMILES string of the molecule is OCC(CO)N[C@@H]1C[C@@](O)(CO)[C@@H](O)[C@@H](O)[C@@H]1O. The molecule has 1 rings (SSSR count). The first kappa shape index (κ1) is 15.7. The lowest BCUT2D eigenvalue weighted by Gasteiger charge is -2.46. The Bertz CT molecular complexity index is 263. The van der Waals surface area contributed by atoms with E-state index in [2.05, 4.69) is 5.32 Å². The van der Waals surface area contributed by atoms with Gasteiger partial charge in [-0.25, -0.2) is 0 Å². The maximum Gasteiger partial charge on any atom is 0.118 e. The molecule has 0 saturated heterocycles. The summed E-state index contributed by atoms with van der Waals surface area (Å²) in [6.07, 6.45) is -4.91. The Balaban J connectivity index is 2.79. The van der Waals surface area contributed by atoms with Crippen molar-refractivity contribution in [2.24, 2.45) is 0 Å². The third kappa shape index (κ3) is 2.98. The van der Waals surface area contributed by atoms with Crippen LogP contribution in [-0.4, -0.2) is 91.6 Å². The van der Waals surface area contributed by atoms with Crippen LogP contribution in [0, 0.1) is 0 Å². The van der Waals surface area contributed by atoms with Crippen LogP contribution in [0.15, 0.2) is 0 Å². The van der Waals surface area contributed by atoms with E-state index in [0.29, 0.717) is 0 Å². The predicted octanol–water partition coefficient (Wildman–Crippen LogP) is -4.49. The highest BCUT2D eigenvalue weighted by molar-refractivity contribution is 5.05. The molecular weight excluding hydrogens is 246 g/mol. The molecule has 1 fully saturated rings. The van der Waals surface area contributed by atoms with Crippen molar-refractivity contribution in [3.8, 4) is 0 Å². The van der Waals surface area contributed by atoms with Gasteiger partial charge in [-0.05, 0) is 6.42 Å². The molecular formula is C10H21NO7. The number of hydrogen-bond donors (Lipinski definition) is 8. The van der Waals surface area contributed by atoms with E-state index in [0.717, 1.165) is 0 Å². The van der Waals surface area contributed by atoms with Gasteiger partial charge in [-0.2, -0.15) is 0 Å². The first-order valence-corrected chi connectivity index (χ1v) is 5.74. The standard InChI is InChI=1S/C10H21NO7/c12-2-5(3-13)11-6-1-10(18,4-14)9(17)8(16)7(6)15/h5-9,11-18H,1-4H2/t6-,7-,8+,9+,10-/m1/s1. The van der Waals surface area contributed by atoms with Crippen molar-refractivity contribution < 1.29 is 35.7 Å². The Kier molecular flexibility index (Phi) is 5.44. The molecule has 0 bridgehead atoms. The highest BCUT2D eigenvalue weighted by Gasteiger charge is 2.51. The molecule has 8 N–H and O–H groups in total. The van der Waals surface area contributed by atoms with Gasteiger partial charge in [0.05, 0.1) is 32.0 Å². The van der Waals surface area contributed by atoms with Crippen molar-refractivity contribution in [2.45, 2.75) is 42.4 Å². The maximum absolute atomic E-state index is 9.93. The largest absolute Gasteiger partial charge is 0.395 e. The summed E-state index contributed by atoms with van der Waals surface area (Å²) in [7, 11) is 0. The Morgan fingerprint density at radius 2 is 1.61 bits per heavy atom. The van der Waals surface area contributed by atoms with Crippen molar-refractivity contribution >= 4 is 0 Å².